The molecule has 0 amide bonds. The van der Waals surface area contributed by atoms with Crippen LogP contribution in [0.5, 0.6) is 0 Å². The summed E-state index contributed by atoms with van der Waals surface area (Å²) in [5, 5.41) is 4.21. The minimum Gasteiger partial charge on any atom is -0.469 e. The summed E-state index contributed by atoms with van der Waals surface area (Å²) in [7, 11) is 3.28. The number of carbonyl (C=O) groups is 1. The first kappa shape index (κ1) is 14.5. The highest BCUT2D eigenvalue weighted by atomic mass is 16.5. The van der Waals surface area contributed by atoms with Gasteiger partial charge in [0.2, 0.25) is 0 Å². The first-order valence-electron chi connectivity index (χ1n) is 6.74. The zero-order chi connectivity index (χ0) is 14.5. The Hall–Kier alpha value is -1.94. The second kappa shape index (κ2) is 6.48. The van der Waals surface area contributed by atoms with Crippen molar-refractivity contribution in [1.29, 1.82) is 0 Å². The lowest BCUT2D eigenvalue weighted by atomic mass is 9.92. The van der Waals surface area contributed by atoms with Gasteiger partial charge in [-0.2, -0.15) is 0 Å². The minimum absolute atomic E-state index is 0.0621. The number of hydrogen-bond donors (Lipinski definition) is 1. The second-order valence-corrected chi connectivity index (χ2v) is 4.94. The highest BCUT2D eigenvalue weighted by Crippen LogP contribution is 2.18. The normalized spacial score (nSPS) is 13.9. The Morgan fingerprint density at radius 2 is 2.20 bits per heavy atom. The van der Waals surface area contributed by atoms with Crippen molar-refractivity contribution < 1.29 is 9.53 Å². The van der Waals surface area contributed by atoms with Gasteiger partial charge in [-0.25, -0.2) is 0 Å². The van der Waals surface area contributed by atoms with Crippen LogP contribution in [0.2, 0.25) is 0 Å². The predicted molar refractivity (Wildman–Crippen MR) is 79.5 cm³/mol. The monoisotopic (exact) mass is 272 g/mol. The summed E-state index contributed by atoms with van der Waals surface area (Å²) >= 11 is 0. The Morgan fingerprint density at radius 3 is 2.90 bits per heavy atom. The van der Waals surface area contributed by atoms with Crippen molar-refractivity contribution in [2.24, 2.45) is 5.92 Å². The fraction of sp³-hybridized carbons (Fsp3) is 0.375. The largest absolute Gasteiger partial charge is 0.469 e. The van der Waals surface area contributed by atoms with Crippen LogP contribution in [0.1, 0.15) is 12.5 Å². The zero-order valence-corrected chi connectivity index (χ0v) is 12.1. The Kier molecular flexibility index (Phi) is 4.69. The van der Waals surface area contributed by atoms with Gasteiger partial charge in [0, 0.05) is 17.6 Å². The number of hydrogen-bond acceptors (Lipinski definition) is 4. The van der Waals surface area contributed by atoms with Crippen molar-refractivity contribution in [3.63, 3.8) is 0 Å². The van der Waals surface area contributed by atoms with Crippen LogP contribution in [-0.2, 0) is 16.0 Å². The van der Waals surface area contributed by atoms with E-state index < -0.39 is 0 Å². The highest BCUT2D eigenvalue weighted by Gasteiger charge is 2.25. The fourth-order valence-corrected chi connectivity index (χ4v) is 2.32. The molecule has 0 saturated heterocycles. The van der Waals surface area contributed by atoms with E-state index in [1.54, 1.807) is 6.20 Å². The molecule has 0 fully saturated rings. The summed E-state index contributed by atoms with van der Waals surface area (Å²) in [6, 6.07) is 10.1. The molecule has 0 radical (unpaired) electrons. The van der Waals surface area contributed by atoms with Crippen LogP contribution in [0.3, 0.4) is 0 Å². The lowest BCUT2D eigenvalue weighted by molar-refractivity contribution is -0.146. The molecule has 2 atom stereocenters. The molecule has 0 aliphatic carbocycles. The Labute approximate surface area is 119 Å². The zero-order valence-electron chi connectivity index (χ0n) is 12.1. The van der Waals surface area contributed by atoms with Gasteiger partial charge in [0.1, 0.15) is 0 Å². The van der Waals surface area contributed by atoms with Crippen LogP contribution >= 0.6 is 0 Å². The van der Waals surface area contributed by atoms with Crippen molar-refractivity contribution in [2.75, 3.05) is 14.2 Å². The summed E-state index contributed by atoms with van der Waals surface area (Å²) in [5.74, 6) is -0.378. The van der Waals surface area contributed by atoms with Gasteiger partial charge in [0.05, 0.1) is 18.5 Å². The number of carbonyl (C=O) groups excluding carboxylic acids is 1. The summed E-state index contributed by atoms with van der Waals surface area (Å²) in [6.45, 7) is 1.99. The third-order valence-electron chi connectivity index (χ3n) is 3.69. The number of nitrogens with one attached hydrogen (secondary N) is 1. The fourth-order valence-electron chi connectivity index (χ4n) is 2.32. The number of pyridine rings is 1. The smallest absolute Gasteiger partial charge is 0.310 e. The summed E-state index contributed by atoms with van der Waals surface area (Å²) in [4.78, 5) is 16.2. The van der Waals surface area contributed by atoms with Crippen molar-refractivity contribution in [3.8, 4) is 0 Å². The van der Waals surface area contributed by atoms with Gasteiger partial charge < -0.3 is 10.1 Å². The molecule has 1 heterocycles. The molecule has 0 saturated carbocycles. The molecule has 0 bridgehead atoms. The first-order valence-corrected chi connectivity index (χ1v) is 6.74. The summed E-state index contributed by atoms with van der Waals surface area (Å²) in [6.07, 6.45) is 2.43. The maximum absolute atomic E-state index is 11.9. The molecule has 1 aromatic heterocycles. The molecule has 1 N–H and O–H groups in total. The van der Waals surface area contributed by atoms with Crippen molar-refractivity contribution in [1.82, 2.24) is 10.3 Å². The standard InChI is InChI=1S/C16H20N2O2/c1-11(17-2)14(16(19)20-3)10-12-6-7-15-13(9-12)5-4-8-18-15/h4-9,11,14,17H,10H2,1-3H3. The van der Waals surface area contributed by atoms with Gasteiger partial charge in [0.25, 0.3) is 0 Å². The third kappa shape index (κ3) is 3.14. The van der Waals surface area contributed by atoms with Crippen LogP contribution in [0.15, 0.2) is 36.5 Å². The lowest BCUT2D eigenvalue weighted by Crippen LogP contribution is -2.37. The summed E-state index contributed by atoms with van der Waals surface area (Å²) < 4.78 is 4.90. The van der Waals surface area contributed by atoms with Crippen LogP contribution in [0.25, 0.3) is 10.9 Å². The molecule has 4 nitrogen and oxygen atoms in total. The van der Waals surface area contributed by atoms with Crippen molar-refractivity contribution in [3.05, 3.63) is 42.1 Å². The Balaban J connectivity index is 2.25. The van der Waals surface area contributed by atoms with Gasteiger partial charge in [-0.1, -0.05) is 12.1 Å². The molecule has 4 heteroatoms. The van der Waals surface area contributed by atoms with Gasteiger partial charge in [-0.15, -0.1) is 0 Å². The molecule has 20 heavy (non-hydrogen) atoms. The van der Waals surface area contributed by atoms with E-state index in [4.69, 9.17) is 4.74 Å². The Morgan fingerprint density at radius 1 is 1.40 bits per heavy atom. The van der Waals surface area contributed by atoms with Crippen molar-refractivity contribution >= 4 is 16.9 Å². The van der Waals surface area contributed by atoms with E-state index in [1.807, 2.05) is 38.2 Å². The van der Waals surface area contributed by atoms with E-state index in [1.165, 1.54) is 7.11 Å². The maximum Gasteiger partial charge on any atom is 0.310 e. The number of nitrogens with zero attached hydrogens (tertiary/aromatic N) is 1. The number of methoxy groups -OCH3 is 1. The first-order chi connectivity index (χ1) is 9.65. The highest BCUT2D eigenvalue weighted by molar-refractivity contribution is 5.79. The van der Waals surface area contributed by atoms with Crippen LogP contribution in [0.4, 0.5) is 0 Å². The molecular formula is C16H20N2O2. The number of benzene rings is 1. The lowest BCUT2D eigenvalue weighted by Gasteiger charge is -2.21. The summed E-state index contributed by atoms with van der Waals surface area (Å²) in [5.41, 5.74) is 2.08. The molecule has 2 aromatic rings. The van der Waals surface area contributed by atoms with Crippen LogP contribution < -0.4 is 5.32 Å². The maximum atomic E-state index is 11.9. The average molecular weight is 272 g/mol. The van der Waals surface area contributed by atoms with Gasteiger partial charge in [-0.3, -0.25) is 9.78 Å². The molecule has 0 aliphatic rings. The Bertz CT molecular complexity index is 598. The average Bonchev–Trinajstić information content (AvgIpc) is 2.51. The number of ether oxygens (including phenoxy) is 1. The van der Waals surface area contributed by atoms with Gasteiger partial charge >= 0.3 is 5.97 Å². The van der Waals surface area contributed by atoms with Crippen LogP contribution in [0, 0.1) is 5.92 Å². The topological polar surface area (TPSA) is 51.2 Å². The van der Waals surface area contributed by atoms with E-state index in [-0.39, 0.29) is 17.9 Å². The van der Waals surface area contributed by atoms with Crippen molar-refractivity contribution in [2.45, 2.75) is 19.4 Å². The number of fused-ring (bicyclic) bond motifs is 1. The molecule has 106 valence electrons. The molecule has 2 rings (SSSR count). The van der Waals surface area contributed by atoms with E-state index in [9.17, 15) is 4.79 Å². The van der Waals surface area contributed by atoms with E-state index in [0.29, 0.717) is 6.42 Å². The molecule has 2 unspecified atom stereocenters. The van der Waals surface area contributed by atoms with Gasteiger partial charge in [0.15, 0.2) is 0 Å². The number of aromatic nitrogens is 1. The second-order valence-electron chi connectivity index (χ2n) is 4.94. The third-order valence-corrected chi connectivity index (χ3v) is 3.69. The van der Waals surface area contributed by atoms with Gasteiger partial charge in [-0.05, 0) is 44.2 Å². The SMILES string of the molecule is CNC(C)C(Cc1ccc2ncccc2c1)C(=O)OC. The molecule has 0 spiro atoms. The van der Waals surface area contributed by atoms with E-state index in [2.05, 4.69) is 16.4 Å². The van der Waals surface area contributed by atoms with E-state index in [0.717, 1.165) is 16.5 Å². The van der Waals surface area contributed by atoms with E-state index >= 15 is 0 Å². The number of rotatable bonds is 5. The molecular weight excluding hydrogens is 252 g/mol. The number of esters is 1. The molecule has 0 aliphatic heterocycles. The van der Waals surface area contributed by atoms with Crippen LogP contribution in [-0.4, -0.2) is 31.2 Å². The quantitative estimate of drug-likeness (QED) is 0.848. The molecule has 1 aromatic carbocycles. The predicted octanol–water partition coefficient (Wildman–Crippen LogP) is 2.17. The minimum atomic E-state index is -0.195.